The van der Waals surface area contributed by atoms with E-state index in [1.54, 1.807) is 0 Å². The minimum absolute atomic E-state index is 0.00551. The van der Waals surface area contributed by atoms with Crippen LogP contribution in [-0.4, -0.2) is 47.8 Å². The smallest absolute Gasteiger partial charge is 0.431 e. The predicted octanol–water partition coefficient (Wildman–Crippen LogP) is 2.34. The van der Waals surface area contributed by atoms with Crippen molar-refractivity contribution in [2.45, 2.75) is 50.5 Å². The normalized spacial score (nSPS) is 25.5. The van der Waals surface area contributed by atoms with E-state index in [2.05, 4.69) is 4.74 Å². The quantitative estimate of drug-likeness (QED) is 0.294. The first-order chi connectivity index (χ1) is 11.0. The molecule has 0 aromatic rings. The molecular formula is C14H18F4N2O4. The van der Waals surface area contributed by atoms with Gasteiger partial charge in [0.25, 0.3) is 0 Å². The minimum Gasteiger partial charge on any atom is -0.478 e. The third-order valence-corrected chi connectivity index (χ3v) is 3.70. The Kier molecular flexibility index (Phi) is 6.33. The van der Waals surface area contributed by atoms with Gasteiger partial charge in [0, 0.05) is 12.3 Å². The van der Waals surface area contributed by atoms with Crippen LogP contribution < -0.4 is 5.32 Å². The molecule has 0 unspecified atom stereocenters. The molecule has 136 valence electrons. The Morgan fingerprint density at radius 1 is 1.38 bits per heavy atom. The number of halogens is 4. The number of carbonyl (C=O) groups is 2. The van der Waals surface area contributed by atoms with Crippen LogP contribution in [0.5, 0.6) is 0 Å². The lowest BCUT2D eigenvalue weighted by atomic mass is 9.83. The number of rotatable bonds is 6. The molecule has 6 nitrogen and oxygen atoms in total. The van der Waals surface area contributed by atoms with E-state index in [1.165, 1.54) is 6.92 Å². The lowest BCUT2D eigenvalue weighted by Crippen LogP contribution is -2.46. The monoisotopic (exact) mass is 354 g/mol. The number of ether oxygens (including phenoxy) is 1. The summed E-state index contributed by atoms with van der Waals surface area (Å²) in [6.07, 6.45) is -5.79. The topological polar surface area (TPSA) is 99.5 Å². The number of hydrogen-bond donors (Lipinski definition) is 3. The molecule has 10 heteroatoms. The van der Waals surface area contributed by atoms with Crippen molar-refractivity contribution >= 4 is 18.2 Å². The highest BCUT2D eigenvalue weighted by molar-refractivity contribution is 6.08. The Balaban J connectivity index is 2.88. The molecule has 0 radical (unpaired) electrons. The van der Waals surface area contributed by atoms with Crippen LogP contribution in [0.1, 0.15) is 32.6 Å². The van der Waals surface area contributed by atoms with E-state index in [9.17, 15) is 27.2 Å². The summed E-state index contributed by atoms with van der Waals surface area (Å²) < 4.78 is 58.0. The van der Waals surface area contributed by atoms with E-state index in [0.29, 0.717) is 0 Å². The molecule has 0 amide bonds. The van der Waals surface area contributed by atoms with Gasteiger partial charge in [-0.2, -0.15) is 13.2 Å². The summed E-state index contributed by atoms with van der Waals surface area (Å²) >= 11 is 0. The highest BCUT2D eigenvalue weighted by Gasteiger charge is 2.45. The van der Waals surface area contributed by atoms with E-state index in [-0.39, 0.29) is 38.5 Å². The summed E-state index contributed by atoms with van der Waals surface area (Å²) in [5.74, 6) is -2.94. The van der Waals surface area contributed by atoms with Crippen LogP contribution >= 0.6 is 0 Å². The van der Waals surface area contributed by atoms with Crippen molar-refractivity contribution in [3.63, 3.8) is 0 Å². The molecule has 1 aliphatic carbocycles. The molecule has 0 aliphatic heterocycles. The molecule has 0 saturated heterocycles. The van der Waals surface area contributed by atoms with Gasteiger partial charge >= 0.3 is 18.1 Å². The van der Waals surface area contributed by atoms with Gasteiger partial charge in [0.05, 0.1) is 6.61 Å². The van der Waals surface area contributed by atoms with E-state index < -0.39 is 41.1 Å². The van der Waals surface area contributed by atoms with E-state index in [0.717, 1.165) is 0 Å². The maximum Gasteiger partial charge on any atom is 0.431 e. The number of aliphatic carboxylic acids is 1. The van der Waals surface area contributed by atoms with Gasteiger partial charge in [-0.1, -0.05) is 0 Å². The van der Waals surface area contributed by atoms with Crippen LogP contribution in [0.25, 0.3) is 0 Å². The number of carboxylic acid groups (broad SMARTS) is 1. The third kappa shape index (κ3) is 4.68. The van der Waals surface area contributed by atoms with Gasteiger partial charge in [-0.3, -0.25) is 0 Å². The molecule has 1 fully saturated rings. The van der Waals surface area contributed by atoms with Gasteiger partial charge in [0.1, 0.15) is 11.3 Å². The zero-order valence-electron chi connectivity index (χ0n) is 12.9. The molecular weight excluding hydrogens is 336 g/mol. The van der Waals surface area contributed by atoms with Crippen molar-refractivity contribution in [2.75, 3.05) is 6.61 Å². The lowest BCUT2D eigenvalue weighted by Gasteiger charge is -2.33. The number of carbonyl (C=O) groups excluding carboxylic acids is 1. The molecule has 0 spiro atoms. The Bertz CT molecular complexity index is 537. The third-order valence-electron chi connectivity index (χ3n) is 3.70. The van der Waals surface area contributed by atoms with Gasteiger partial charge in [-0.15, -0.1) is 0 Å². The summed E-state index contributed by atoms with van der Waals surface area (Å²) in [4.78, 5) is 22.4. The average Bonchev–Trinajstić information content (AvgIpc) is 2.48. The van der Waals surface area contributed by atoms with E-state index in [4.69, 9.17) is 10.5 Å². The molecule has 1 saturated carbocycles. The summed E-state index contributed by atoms with van der Waals surface area (Å²) in [5, 5.41) is 17.7. The van der Waals surface area contributed by atoms with Crippen LogP contribution in [0, 0.1) is 5.41 Å². The molecule has 1 aliphatic rings. The zero-order valence-corrected chi connectivity index (χ0v) is 12.9. The van der Waals surface area contributed by atoms with Crippen LogP contribution in [0.3, 0.4) is 0 Å². The molecule has 3 N–H and O–H groups in total. The number of esters is 1. The Hall–Kier alpha value is -2.13. The van der Waals surface area contributed by atoms with Crippen molar-refractivity contribution in [3.05, 3.63) is 11.3 Å². The Morgan fingerprint density at radius 3 is 2.29 bits per heavy atom. The fourth-order valence-corrected chi connectivity index (χ4v) is 2.44. The summed E-state index contributed by atoms with van der Waals surface area (Å²) in [7, 11) is 0. The number of hydrogen-bond acceptors (Lipinski definition) is 5. The van der Waals surface area contributed by atoms with Gasteiger partial charge < -0.3 is 20.6 Å². The Labute approximate surface area is 135 Å². The standard InChI is InChI=1S/C14H18F4N2O4/c1-2-24-12(23)13(15)5-3-8(4-6-13)20-10(14(16,17)18)9(7-19)11(21)22/h7-8,19-20H,2-6H2,1H3,(H,21,22)/b10-9+,19-7?/t8-,13+. The fourth-order valence-electron chi connectivity index (χ4n) is 2.44. The van der Waals surface area contributed by atoms with Crippen molar-refractivity contribution in [2.24, 2.45) is 0 Å². The van der Waals surface area contributed by atoms with Crippen molar-refractivity contribution < 1.29 is 37.0 Å². The van der Waals surface area contributed by atoms with Crippen LogP contribution in [0.15, 0.2) is 11.3 Å². The van der Waals surface area contributed by atoms with Crippen LogP contribution in [0.4, 0.5) is 17.6 Å². The van der Waals surface area contributed by atoms with E-state index in [1.807, 2.05) is 5.32 Å². The Morgan fingerprint density at radius 2 is 1.92 bits per heavy atom. The predicted molar refractivity (Wildman–Crippen MR) is 75.4 cm³/mol. The second-order valence-corrected chi connectivity index (χ2v) is 5.34. The average molecular weight is 354 g/mol. The summed E-state index contributed by atoms with van der Waals surface area (Å²) in [6.45, 7) is 1.51. The maximum atomic E-state index is 14.4. The molecule has 0 bridgehead atoms. The molecule has 0 aromatic heterocycles. The molecule has 0 heterocycles. The summed E-state index contributed by atoms with van der Waals surface area (Å²) in [5.41, 5.74) is -5.03. The molecule has 0 atom stereocenters. The number of alkyl halides is 4. The first-order valence-electron chi connectivity index (χ1n) is 7.23. The van der Waals surface area contributed by atoms with E-state index >= 15 is 0 Å². The lowest BCUT2D eigenvalue weighted by molar-refractivity contribution is -0.160. The minimum atomic E-state index is -5.00. The first kappa shape index (κ1) is 19.9. The number of carboxylic acids is 1. The summed E-state index contributed by atoms with van der Waals surface area (Å²) in [6, 6.07) is -0.866. The van der Waals surface area contributed by atoms with Crippen molar-refractivity contribution in [1.82, 2.24) is 5.32 Å². The molecule has 24 heavy (non-hydrogen) atoms. The maximum absolute atomic E-state index is 14.4. The highest BCUT2D eigenvalue weighted by atomic mass is 19.4. The van der Waals surface area contributed by atoms with Gasteiger partial charge in [-0.25, -0.2) is 14.0 Å². The fraction of sp³-hybridized carbons (Fsp3) is 0.643. The highest BCUT2D eigenvalue weighted by Crippen LogP contribution is 2.35. The van der Waals surface area contributed by atoms with Crippen LogP contribution in [0.2, 0.25) is 0 Å². The number of allylic oxidation sites excluding steroid dienone is 1. The van der Waals surface area contributed by atoms with Gasteiger partial charge in [0.15, 0.2) is 0 Å². The zero-order chi connectivity index (χ0) is 18.5. The van der Waals surface area contributed by atoms with Crippen molar-refractivity contribution in [1.29, 1.82) is 5.41 Å². The first-order valence-corrected chi connectivity index (χ1v) is 7.23. The van der Waals surface area contributed by atoms with Gasteiger partial charge in [0.2, 0.25) is 5.67 Å². The number of nitrogens with one attached hydrogen (secondary N) is 2. The largest absolute Gasteiger partial charge is 0.478 e. The van der Waals surface area contributed by atoms with Crippen molar-refractivity contribution in [3.8, 4) is 0 Å². The van der Waals surface area contributed by atoms with Gasteiger partial charge in [-0.05, 0) is 32.6 Å². The SMILES string of the molecule is CCOC(=O)[C@]1(F)CC[C@@H](N/C(=C(\C=N)C(=O)O)C(F)(F)F)CC1. The molecule has 0 aromatic carbocycles. The second-order valence-electron chi connectivity index (χ2n) is 5.34. The van der Waals surface area contributed by atoms with Crippen LogP contribution in [-0.2, 0) is 14.3 Å². The molecule has 1 rings (SSSR count). The second kappa shape index (κ2) is 7.63.